The Kier molecular flexibility index (Phi) is 5.67. The second-order valence-corrected chi connectivity index (χ2v) is 5.66. The molecule has 0 radical (unpaired) electrons. The maximum atomic E-state index is 12.2. The molecule has 1 heterocycles. The average molecular weight is 334 g/mol. The van der Waals surface area contributed by atoms with Gasteiger partial charge in [-0.15, -0.1) is 11.3 Å². The van der Waals surface area contributed by atoms with Gasteiger partial charge < -0.3 is 21.1 Å². The highest BCUT2D eigenvalue weighted by Gasteiger charge is 2.12. The highest BCUT2D eigenvalue weighted by molar-refractivity contribution is 7.09. The summed E-state index contributed by atoms with van der Waals surface area (Å²) in [5, 5.41) is 7.92. The first-order chi connectivity index (χ1) is 11.0. The van der Waals surface area contributed by atoms with Crippen molar-refractivity contribution in [3.05, 3.63) is 34.3 Å². The predicted molar refractivity (Wildman–Crippen MR) is 90.1 cm³/mol. The van der Waals surface area contributed by atoms with E-state index in [9.17, 15) is 9.59 Å². The van der Waals surface area contributed by atoms with Crippen molar-refractivity contribution in [3.63, 3.8) is 0 Å². The van der Waals surface area contributed by atoms with Crippen molar-refractivity contribution in [2.45, 2.75) is 13.3 Å². The van der Waals surface area contributed by atoms with E-state index in [0.29, 0.717) is 35.8 Å². The Morgan fingerprint density at radius 2 is 2.13 bits per heavy atom. The van der Waals surface area contributed by atoms with E-state index in [0.717, 1.165) is 5.01 Å². The van der Waals surface area contributed by atoms with E-state index in [1.165, 1.54) is 25.4 Å². The third-order valence-corrected chi connectivity index (χ3v) is 3.82. The number of hydrogen-bond acceptors (Lipinski definition) is 6. The number of ether oxygens (including phenoxy) is 1. The molecule has 1 aromatic heterocycles. The molecule has 0 aliphatic heterocycles. The lowest BCUT2D eigenvalue weighted by atomic mass is 10.2. The number of carbonyl (C=O) groups excluding carboxylic acids is 2. The standard InChI is InChI=1S/C15H18N4O3S/c1-9(20)17-11-7-10(3-4-13(11)22-2)18-15(21)12-8-23-14(19-12)5-6-16/h3-4,7-8H,5-6,16H2,1-2H3,(H,17,20)(H,18,21). The van der Waals surface area contributed by atoms with Crippen molar-refractivity contribution in [2.24, 2.45) is 5.73 Å². The average Bonchev–Trinajstić information content (AvgIpc) is 2.96. The zero-order chi connectivity index (χ0) is 16.8. The zero-order valence-electron chi connectivity index (χ0n) is 12.9. The van der Waals surface area contributed by atoms with Crippen LogP contribution in [0.3, 0.4) is 0 Å². The molecule has 0 saturated heterocycles. The molecule has 0 aliphatic carbocycles. The van der Waals surface area contributed by atoms with E-state index in [-0.39, 0.29) is 11.8 Å². The van der Waals surface area contributed by atoms with Crippen molar-refractivity contribution >= 4 is 34.5 Å². The molecule has 2 aromatic rings. The first kappa shape index (κ1) is 16.9. The van der Waals surface area contributed by atoms with E-state index in [1.54, 1.807) is 23.6 Å². The second kappa shape index (κ2) is 7.70. The van der Waals surface area contributed by atoms with Gasteiger partial charge in [-0.1, -0.05) is 0 Å². The molecule has 7 nitrogen and oxygen atoms in total. The van der Waals surface area contributed by atoms with Crippen molar-refractivity contribution in [1.29, 1.82) is 0 Å². The monoisotopic (exact) mass is 334 g/mol. The van der Waals surface area contributed by atoms with Crippen molar-refractivity contribution in [3.8, 4) is 5.75 Å². The van der Waals surface area contributed by atoms with Crippen LogP contribution in [0.5, 0.6) is 5.75 Å². The minimum Gasteiger partial charge on any atom is -0.495 e. The van der Waals surface area contributed by atoms with Crippen molar-refractivity contribution < 1.29 is 14.3 Å². The molecule has 0 aliphatic rings. The summed E-state index contributed by atoms with van der Waals surface area (Å²) in [6.45, 7) is 1.89. The fourth-order valence-electron chi connectivity index (χ4n) is 1.92. The van der Waals surface area contributed by atoms with Gasteiger partial charge in [-0.2, -0.15) is 0 Å². The minimum atomic E-state index is -0.316. The summed E-state index contributed by atoms with van der Waals surface area (Å²) < 4.78 is 5.17. The molecular formula is C15H18N4O3S. The van der Waals surface area contributed by atoms with Gasteiger partial charge in [-0.3, -0.25) is 9.59 Å². The summed E-state index contributed by atoms with van der Waals surface area (Å²) in [7, 11) is 1.51. The fraction of sp³-hybridized carbons (Fsp3) is 0.267. The number of methoxy groups -OCH3 is 1. The quantitative estimate of drug-likeness (QED) is 0.747. The number of amides is 2. The van der Waals surface area contributed by atoms with Crippen LogP contribution in [0, 0.1) is 0 Å². The maximum Gasteiger partial charge on any atom is 0.275 e. The molecule has 122 valence electrons. The van der Waals surface area contributed by atoms with E-state index < -0.39 is 0 Å². The number of nitrogens with zero attached hydrogens (tertiary/aromatic N) is 1. The van der Waals surface area contributed by atoms with E-state index in [2.05, 4.69) is 15.6 Å². The molecule has 4 N–H and O–H groups in total. The fourth-order valence-corrected chi connectivity index (χ4v) is 2.72. The van der Waals surface area contributed by atoms with Gasteiger partial charge in [0.25, 0.3) is 5.91 Å². The van der Waals surface area contributed by atoms with Crippen LogP contribution in [-0.2, 0) is 11.2 Å². The van der Waals surface area contributed by atoms with Gasteiger partial charge in [0.15, 0.2) is 0 Å². The van der Waals surface area contributed by atoms with Crippen LogP contribution < -0.4 is 21.1 Å². The van der Waals surface area contributed by atoms with Gasteiger partial charge in [-0.05, 0) is 24.7 Å². The Hall–Kier alpha value is -2.45. The lowest BCUT2D eigenvalue weighted by Gasteiger charge is -2.11. The first-order valence-corrected chi connectivity index (χ1v) is 7.83. The molecule has 0 spiro atoms. The molecule has 0 saturated carbocycles. The molecule has 0 unspecified atom stereocenters. The van der Waals surface area contributed by atoms with Crippen molar-refractivity contribution in [1.82, 2.24) is 4.98 Å². The number of rotatable bonds is 6. The van der Waals surface area contributed by atoms with Gasteiger partial charge in [-0.25, -0.2) is 4.98 Å². The van der Waals surface area contributed by atoms with Crippen LogP contribution in [0.1, 0.15) is 22.4 Å². The zero-order valence-corrected chi connectivity index (χ0v) is 13.7. The smallest absolute Gasteiger partial charge is 0.275 e. The van der Waals surface area contributed by atoms with Crippen LogP contribution in [0.2, 0.25) is 0 Å². The van der Waals surface area contributed by atoms with Gasteiger partial charge in [0.05, 0.1) is 17.8 Å². The van der Waals surface area contributed by atoms with Crippen LogP contribution in [0.4, 0.5) is 11.4 Å². The SMILES string of the molecule is COc1ccc(NC(=O)c2csc(CCN)n2)cc1NC(C)=O. The maximum absolute atomic E-state index is 12.2. The number of hydrogen-bond donors (Lipinski definition) is 3. The number of aromatic nitrogens is 1. The highest BCUT2D eigenvalue weighted by Crippen LogP contribution is 2.28. The summed E-state index contributed by atoms with van der Waals surface area (Å²) in [5.74, 6) is -0.0294. The number of carbonyl (C=O) groups is 2. The number of benzene rings is 1. The number of anilines is 2. The van der Waals surface area contributed by atoms with Crippen LogP contribution >= 0.6 is 11.3 Å². The predicted octanol–water partition coefficient (Wildman–Crippen LogP) is 1.86. The van der Waals surface area contributed by atoms with Crippen molar-refractivity contribution in [2.75, 3.05) is 24.3 Å². The summed E-state index contributed by atoms with van der Waals surface area (Å²) in [5.41, 5.74) is 6.84. The van der Waals surface area contributed by atoms with Gasteiger partial charge >= 0.3 is 0 Å². The van der Waals surface area contributed by atoms with E-state index in [4.69, 9.17) is 10.5 Å². The van der Waals surface area contributed by atoms with Gasteiger partial charge in [0, 0.05) is 24.4 Å². The Balaban J connectivity index is 2.14. The van der Waals surface area contributed by atoms with Crippen LogP contribution in [-0.4, -0.2) is 30.5 Å². The lowest BCUT2D eigenvalue weighted by Crippen LogP contribution is -2.13. The van der Waals surface area contributed by atoms with E-state index >= 15 is 0 Å². The first-order valence-electron chi connectivity index (χ1n) is 6.95. The van der Waals surface area contributed by atoms with Crippen LogP contribution in [0.25, 0.3) is 0 Å². The third-order valence-electron chi connectivity index (χ3n) is 2.91. The third kappa shape index (κ3) is 4.51. The summed E-state index contributed by atoms with van der Waals surface area (Å²) in [6.07, 6.45) is 0.646. The van der Waals surface area contributed by atoms with E-state index in [1.807, 2.05) is 0 Å². The molecule has 2 rings (SSSR count). The Labute approximate surface area is 137 Å². The Morgan fingerprint density at radius 1 is 1.35 bits per heavy atom. The van der Waals surface area contributed by atoms with Crippen LogP contribution in [0.15, 0.2) is 23.6 Å². The molecule has 1 aromatic carbocycles. The topological polar surface area (TPSA) is 106 Å². The van der Waals surface area contributed by atoms with Gasteiger partial charge in [0.1, 0.15) is 11.4 Å². The highest BCUT2D eigenvalue weighted by atomic mass is 32.1. The minimum absolute atomic E-state index is 0.224. The second-order valence-electron chi connectivity index (χ2n) is 4.72. The molecule has 0 bridgehead atoms. The Bertz CT molecular complexity index is 714. The largest absolute Gasteiger partial charge is 0.495 e. The van der Waals surface area contributed by atoms with Gasteiger partial charge in [0.2, 0.25) is 5.91 Å². The molecule has 0 fully saturated rings. The summed E-state index contributed by atoms with van der Waals surface area (Å²) in [6, 6.07) is 4.99. The molecule has 0 atom stereocenters. The number of nitrogens with one attached hydrogen (secondary N) is 2. The Morgan fingerprint density at radius 3 is 2.78 bits per heavy atom. The molecule has 23 heavy (non-hydrogen) atoms. The lowest BCUT2D eigenvalue weighted by molar-refractivity contribution is -0.114. The summed E-state index contributed by atoms with van der Waals surface area (Å²) >= 11 is 1.40. The summed E-state index contributed by atoms with van der Waals surface area (Å²) in [4.78, 5) is 27.7. The normalized spacial score (nSPS) is 10.2. The number of thiazole rings is 1. The molecule has 8 heteroatoms. The molecular weight excluding hydrogens is 316 g/mol. The molecule has 2 amide bonds. The number of nitrogens with two attached hydrogens (primary N) is 1.